The van der Waals surface area contributed by atoms with E-state index >= 15 is 0 Å². The number of rotatable bonds is 3. The second kappa shape index (κ2) is 8.21. The van der Waals surface area contributed by atoms with Gasteiger partial charge in [0.25, 0.3) is 0 Å². The molecule has 0 N–H and O–H groups in total. The molecule has 0 radical (unpaired) electrons. The Morgan fingerprint density at radius 2 is 1.77 bits per heavy atom. The van der Waals surface area contributed by atoms with Gasteiger partial charge in [0.2, 0.25) is 0 Å². The molecule has 0 heterocycles. The fourth-order valence-electron chi connectivity index (χ4n) is 1.62. The lowest BCUT2D eigenvalue weighted by Crippen LogP contribution is -1.96. The number of hydrogen-bond acceptors (Lipinski definition) is 1. The molecule has 0 aliphatic heterocycles. The first-order valence-corrected chi connectivity index (χ1v) is 5.39. The molecule has 0 bridgehead atoms. The maximum Gasteiger partial charge on any atom is 0.301 e. The summed E-state index contributed by atoms with van der Waals surface area (Å²) in [5.74, 6) is 0.639. The van der Waals surface area contributed by atoms with E-state index in [9.17, 15) is 9.18 Å². The molecular formula is C11H21FO. The van der Waals surface area contributed by atoms with Gasteiger partial charge in [0.15, 0.2) is 0 Å². The number of halogens is 1. The third kappa shape index (κ3) is 7.94. The summed E-state index contributed by atoms with van der Waals surface area (Å²) in [6, 6.07) is -1.15. The van der Waals surface area contributed by atoms with Gasteiger partial charge in [0.05, 0.1) is 0 Å². The maximum atomic E-state index is 11.7. The Hall–Kier alpha value is -0.400. The lowest BCUT2D eigenvalue weighted by Gasteiger charge is -2.03. The molecule has 78 valence electrons. The zero-order valence-corrected chi connectivity index (χ0v) is 8.81. The van der Waals surface area contributed by atoms with Crippen LogP contribution in [0.5, 0.6) is 0 Å². The Morgan fingerprint density at radius 1 is 1.31 bits per heavy atom. The highest BCUT2D eigenvalue weighted by molar-refractivity contribution is 5.67. The van der Waals surface area contributed by atoms with Crippen LogP contribution in [-0.2, 0) is 4.79 Å². The van der Waals surface area contributed by atoms with Crippen LogP contribution in [0.4, 0.5) is 4.39 Å². The highest BCUT2D eigenvalue weighted by Gasteiger charge is 2.15. The van der Waals surface area contributed by atoms with Crippen LogP contribution >= 0.6 is 0 Å². The quantitative estimate of drug-likeness (QED) is 0.614. The van der Waals surface area contributed by atoms with Crippen molar-refractivity contribution in [3.63, 3.8) is 0 Å². The van der Waals surface area contributed by atoms with Gasteiger partial charge in [-0.05, 0) is 12.3 Å². The number of carbonyl (C=O) groups is 1. The Labute approximate surface area is 80.7 Å². The monoisotopic (exact) mass is 188 g/mol. The van der Waals surface area contributed by atoms with E-state index in [1.54, 1.807) is 0 Å². The first-order valence-electron chi connectivity index (χ1n) is 5.39. The van der Waals surface area contributed by atoms with E-state index in [2.05, 4.69) is 13.8 Å². The van der Waals surface area contributed by atoms with Gasteiger partial charge in [0, 0.05) is 6.42 Å². The minimum atomic E-state index is -1.15. The van der Waals surface area contributed by atoms with Gasteiger partial charge in [0.1, 0.15) is 0 Å². The summed E-state index contributed by atoms with van der Waals surface area (Å²) >= 11 is 0. The van der Waals surface area contributed by atoms with Gasteiger partial charge in [-0.25, -0.2) is 0 Å². The Morgan fingerprint density at radius 3 is 2.15 bits per heavy atom. The van der Waals surface area contributed by atoms with Crippen LogP contribution in [-0.4, -0.2) is 6.04 Å². The summed E-state index contributed by atoms with van der Waals surface area (Å²) < 4.78 is 11.7. The highest BCUT2D eigenvalue weighted by Crippen LogP contribution is 2.28. The molecule has 0 saturated heterocycles. The summed E-state index contributed by atoms with van der Waals surface area (Å²) in [6.45, 7) is 4.25. The van der Waals surface area contributed by atoms with Gasteiger partial charge in [-0.15, -0.1) is 0 Å². The van der Waals surface area contributed by atoms with Gasteiger partial charge in [-0.1, -0.05) is 46.0 Å². The minimum Gasteiger partial charge on any atom is -0.261 e. The molecule has 1 aliphatic rings. The SMILES string of the molecule is CCC.O=C(F)CCC1CCCC1. The predicted octanol–water partition coefficient (Wildman–Crippen LogP) is 3.87. The Balaban J connectivity index is 0.000000424. The second-order valence-electron chi connectivity index (χ2n) is 3.75. The number of carbonyl (C=O) groups excluding carboxylic acids is 1. The summed E-state index contributed by atoms with van der Waals surface area (Å²) in [6.07, 6.45) is 7.11. The van der Waals surface area contributed by atoms with E-state index in [-0.39, 0.29) is 6.42 Å². The van der Waals surface area contributed by atoms with E-state index in [0.29, 0.717) is 5.92 Å². The summed E-state index contributed by atoms with van der Waals surface area (Å²) in [5.41, 5.74) is 0. The molecule has 1 aliphatic carbocycles. The molecular weight excluding hydrogens is 167 g/mol. The lowest BCUT2D eigenvalue weighted by atomic mass is 10.0. The first-order chi connectivity index (χ1) is 6.20. The molecule has 2 heteroatoms. The van der Waals surface area contributed by atoms with Crippen LogP contribution in [0.1, 0.15) is 58.8 Å². The molecule has 13 heavy (non-hydrogen) atoms. The molecule has 1 fully saturated rings. The normalized spacial score (nSPS) is 16.5. The van der Waals surface area contributed by atoms with Gasteiger partial charge in [-0.2, -0.15) is 4.39 Å². The average Bonchev–Trinajstić information content (AvgIpc) is 2.54. The van der Waals surface area contributed by atoms with Crippen LogP contribution in [0.15, 0.2) is 0 Å². The molecule has 1 saturated carbocycles. The fraction of sp³-hybridized carbons (Fsp3) is 0.909. The zero-order valence-electron chi connectivity index (χ0n) is 8.81. The second-order valence-corrected chi connectivity index (χ2v) is 3.75. The third-order valence-electron chi connectivity index (χ3n) is 2.22. The van der Waals surface area contributed by atoms with Crippen LogP contribution in [0, 0.1) is 5.92 Å². The van der Waals surface area contributed by atoms with Crippen molar-refractivity contribution in [1.29, 1.82) is 0 Å². The minimum absolute atomic E-state index is 0.144. The first kappa shape index (κ1) is 12.6. The molecule has 0 amide bonds. The number of hydrogen-bond donors (Lipinski definition) is 0. The molecule has 0 unspecified atom stereocenters. The van der Waals surface area contributed by atoms with Crippen molar-refractivity contribution in [2.24, 2.45) is 5.92 Å². The molecule has 0 aromatic rings. The van der Waals surface area contributed by atoms with E-state index < -0.39 is 6.04 Å². The van der Waals surface area contributed by atoms with Crippen molar-refractivity contribution in [2.75, 3.05) is 0 Å². The molecule has 0 aromatic carbocycles. The topological polar surface area (TPSA) is 17.1 Å². The summed E-state index contributed by atoms with van der Waals surface area (Å²) in [7, 11) is 0. The largest absolute Gasteiger partial charge is 0.301 e. The average molecular weight is 188 g/mol. The fourth-order valence-corrected chi connectivity index (χ4v) is 1.62. The molecule has 0 spiro atoms. The summed E-state index contributed by atoms with van der Waals surface area (Å²) in [5, 5.41) is 0. The smallest absolute Gasteiger partial charge is 0.261 e. The van der Waals surface area contributed by atoms with Gasteiger partial charge >= 0.3 is 6.04 Å². The van der Waals surface area contributed by atoms with Gasteiger partial charge in [-0.3, -0.25) is 4.79 Å². The van der Waals surface area contributed by atoms with Crippen molar-refractivity contribution in [3.05, 3.63) is 0 Å². The highest BCUT2D eigenvalue weighted by atomic mass is 19.1. The van der Waals surface area contributed by atoms with E-state index in [0.717, 1.165) is 6.42 Å². The Bertz CT molecular complexity index is 128. The van der Waals surface area contributed by atoms with Crippen molar-refractivity contribution >= 4 is 6.04 Å². The molecule has 0 aromatic heterocycles. The van der Waals surface area contributed by atoms with Crippen LogP contribution in [0.2, 0.25) is 0 Å². The van der Waals surface area contributed by atoms with Crippen molar-refractivity contribution in [3.8, 4) is 0 Å². The molecule has 0 atom stereocenters. The zero-order chi connectivity index (χ0) is 10.1. The predicted molar refractivity (Wildman–Crippen MR) is 53.3 cm³/mol. The molecule has 1 nitrogen and oxygen atoms in total. The van der Waals surface area contributed by atoms with Crippen molar-refractivity contribution < 1.29 is 9.18 Å². The lowest BCUT2D eigenvalue weighted by molar-refractivity contribution is -0.129. The van der Waals surface area contributed by atoms with Crippen molar-refractivity contribution in [1.82, 2.24) is 0 Å². The van der Waals surface area contributed by atoms with Crippen LogP contribution in [0.25, 0.3) is 0 Å². The van der Waals surface area contributed by atoms with Crippen molar-refractivity contribution in [2.45, 2.75) is 58.8 Å². The van der Waals surface area contributed by atoms with E-state index in [1.807, 2.05) is 0 Å². The molecule has 1 rings (SSSR count). The van der Waals surface area contributed by atoms with Crippen LogP contribution in [0.3, 0.4) is 0 Å². The standard InChI is InChI=1S/C8H13FO.C3H8/c9-8(10)6-5-7-3-1-2-4-7;1-3-2/h7H,1-6H2;3H2,1-2H3. The van der Waals surface area contributed by atoms with Gasteiger partial charge < -0.3 is 0 Å². The van der Waals surface area contributed by atoms with Crippen LogP contribution < -0.4 is 0 Å². The summed E-state index contributed by atoms with van der Waals surface area (Å²) in [4.78, 5) is 9.93. The van der Waals surface area contributed by atoms with E-state index in [4.69, 9.17) is 0 Å². The third-order valence-corrected chi connectivity index (χ3v) is 2.22. The van der Waals surface area contributed by atoms with E-state index in [1.165, 1.54) is 32.1 Å². The Kier molecular flexibility index (Phi) is 7.96. The maximum absolute atomic E-state index is 11.7.